The molecule has 1 amide bonds. The first kappa shape index (κ1) is 22.3. The van der Waals surface area contributed by atoms with E-state index >= 15 is 0 Å². The van der Waals surface area contributed by atoms with Gasteiger partial charge in [0.1, 0.15) is 18.3 Å². The number of para-hydroxylation sites is 1. The van der Waals surface area contributed by atoms with Crippen LogP contribution in [0.1, 0.15) is 23.6 Å². The first-order valence-electron chi connectivity index (χ1n) is 10.2. The summed E-state index contributed by atoms with van der Waals surface area (Å²) >= 11 is 0. The van der Waals surface area contributed by atoms with Crippen molar-refractivity contribution in [1.29, 1.82) is 0 Å². The van der Waals surface area contributed by atoms with Crippen LogP contribution < -0.4 is 10.9 Å². The molecule has 0 saturated carbocycles. The molecule has 4 aromatic rings. The second-order valence-electron chi connectivity index (χ2n) is 7.53. The van der Waals surface area contributed by atoms with Gasteiger partial charge in [-0.2, -0.15) is 18.3 Å². The largest absolute Gasteiger partial charge is 0.416 e. The van der Waals surface area contributed by atoms with Crippen LogP contribution in [-0.4, -0.2) is 25.2 Å². The van der Waals surface area contributed by atoms with Gasteiger partial charge in [0.2, 0.25) is 5.91 Å². The number of aryl methyl sites for hydroxylation is 2. The number of amides is 1. The van der Waals surface area contributed by atoms with Gasteiger partial charge in [0.05, 0.1) is 17.4 Å². The number of alkyl halides is 3. The fraction of sp³-hybridized carbons (Fsp3) is 0.217. The number of hydrogen-bond acceptors (Lipinski definition) is 4. The minimum Gasteiger partial charge on any atom is -0.324 e. The van der Waals surface area contributed by atoms with E-state index in [1.807, 2.05) is 32.0 Å². The number of hydrogen-bond donors (Lipinski definition) is 1. The van der Waals surface area contributed by atoms with Gasteiger partial charge in [-0.3, -0.25) is 14.2 Å². The van der Waals surface area contributed by atoms with Crippen molar-refractivity contribution >= 4 is 22.6 Å². The third kappa shape index (κ3) is 4.36. The number of halogens is 3. The SMILES string of the molecule is CCc1cccc(C)c1NC(=O)Cn1cnc2c(cnn2-c2cccc(C(F)(F)F)c2)c1=O. The molecule has 0 aliphatic heterocycles. The molecule has 10 heteroatoms. The van der Waals surface area contributed by atoms with E-state index in [9.17, 15) is 22.8 Å². The van der Waals surface area contributed by atoms with Crippen molar-refractivity contribution in [1.82, 2.24) is 19.3 Å². The molecule has 33 heavy (non-hydrogen) atoms. The van der Waals surface area contributed by atoms with Crippen molar-refractivity contribution in [3.8, 4) is 5.69 Å². The van der Waals surface area contributed by atoms with Crippen LogP contribution in [0.15, 0.2) is 59.8 Å². The Morgan fingerprint density at radius 1 is 1.15 bits per heavy atom. The van der Waals surface area contributed by atoms with Gasteiger partial charge in [-0.25, -0.2) is 9.67 Å². The lowest BCUT2D eigenvalue weighted by atomic mass is 10.1. The van der Waals surface area contributed by atoms with Gasteiger partial charge in [0, 0.05) is 5.69 Å². The Bertz CT molecular complexity index is 1410. The molecule has 0 bridgehead atoms. The Labute approximate surface area is 186 Å². The highest BCUT2D eigenvalue weighted by molar-refractivity contribution is 5.92. The summed E-state index contributed by atoms with van der Waals surface area (Å²) < 4.78 is 41.5. The van der Waals surface area contributed by atoms with E-state index in [0.717, 1.165) is 38.9 Å². The Morgan fingerprint density at radius 2 is 1.91 bits per heavy atom. The number of benzene rings is 2. The molecule has 2 heterocycles. The zero-order valence-corrected chi connectivity index (χ0v) is 17.8. The molecule has 0 unspecified atom stereocenters. The minimum absolute atomic E-state index is 0.0906. The predicted octanol–water partition coefficient (Wildman–Crippen LogP) is 4.11. The van der Waals surface area contributed by atoms with Crippen LogP contribution in [0.5, 0.6) is 0 Å². The van der Waals surface area contributed by atoms with Crippen molar-refractivity contribution in [2.75, 3.05) is 5.32 Å². The molecule has 7 nitrogen and oxygen atoms in total. The Hall–Kier alpha value is -3.95. The van der Waals surface area contributed by atoms with Crippen LogP contribution in [0.3, 0.4) is 0 Å². The maximum absolute atomic E-state index is 13.1. The number of anilines is 1. The molecule has 4 rings (SSSR count). The first-order valence-corrected chi connectivity index (χ1v) is 10.2. The molecule has 2 aromatic heterocycles. The normalized spacial score (nSPS) is 11.7. The van der Waals surface area contributed by atoms with E-state index in [0.29, 0.717) is 5.69 Å². The van der Waals surface area contributed by atoms with E-state index < -0.39 is 23.2 Å². The van der Waals surface area contributed by atoms with Crippen molar-refractivity contribution in [2.24, 2.45) is 0 Å². The second-order valence-corrected chi connectivity index (χ2v) is 7.53. The van der Waals surface area contributed by atoms with Crippen molar-refractivity contribution < 1.29 is 18.0 Å². The quantitative estimate of drug-likeness (QED) is 0.491. The number of nitrogens with one attached hydrogen (secondary N) is 1. The second kappa shape index (κ2) is 8.53. The third-order valence-electron chi connectivity index (χ3n) is 5.29. The first-order chi connectivity index (χ1) is 15.7. The van der Waals surface area contributed by atoms with E-state index in [1.54, 1.807) is 0 Å². The number of carbonyl (C=O) groups is 1. The number of fused-ring (bicyclic) bond motifs is 1. The molecule has 0 spiro atoms. The molecule has 170 valence electrons. The van der Waals surface area contributed by atoms with Gasteiger partial charge in [-0.1, -0.05) is 31.2 Å². The number of rotatable bonds is 5. The standard InChI is InChI=1S/C23H20F3N5O2/c1-3-15-7-4-6-14(2)20(15)29-19(32)12-30-13-27-21-18(22(30)33)11-28-31(21)17-9-5-8-16(10-17)23(24,25)26/h4-11,13H,3,12H2,1-2H3,(H,29,32). The van der Waals surface area contributed by atoms with Crippen LogP contribution in [0.4, 0.5) is 18.9 Å². The monoisotopic (exact) mass is 455 g/mol. The summed E-state index contributed by atoms with van der Waals surface area (Å²) in [5.41, 5.74) is 1.46. The highest BCUT2D eigenvalue weighted by Gasteiger charge is 2.30. The smallest absolute Gasteiger partial charge is 0.324 e. The zero-order valence-electron chi connectivity index (χ0n) is 17.8. The Morgan fingerprint density at radius 3 is 2.64 bits per heavy atom. The third-order valence-corrected chi connectivity index (χ3v) is 5.29. The van der Waals surface area contributed by atoms with Gasteiger partial charge in [0.25, 0.3) is 5.56 Å². The van der Waals surface area contributed by atoms with Gasteiger partial charge >= 0.3 is 6.18 Å². The van der Waals surface area contributed by atoms with Crippen molar-refractivity contribution in [3.05, 3.63) is 82.0 Å². The van der Waals surface area contributed by atoms with Crippen LogP contribution in [-0.2, 0) is 23.9 Å². The molecular weight excluding hydrogens is 435 g/mol. The van der Waals surface area contributed by atoms with Crippen LogP contribution in [0.25, 0.3) is 16.7 Å². The van der Waals surface area contributed by atoms with Crippen LogP contribution in [0, 0.1) is 6.92 Å². The number of aromatic nitrogens is 4. The average molecular weight is 455 g/mol. The molecule has 0 radical (unpaired) electrons. The molecule has 0 aliphatic carbocycles. The lowest BCUT2D eigenvalue weighted by Crippen LogP contribution is -2.28. The lowest BCUT2D eigenvalue weighted by Gasteiger charge is -2.13. The summed E-state index contributed by atoms with van der Waals surface area (Å²) in [6, 6.07) is 10.3. The average Bonchev–Trinajstić information content (AvgIpc) is 3.21. The molecule has 2 aromatic carbocycles. The summed E-state index contributed by atoms with van der Waals surface area (Å²) in [5.74, 6) is -0.396. The zero-order chi connectivity index (χ0) is 23.8. The van der Waals surface area contributed by atoms with E-state index in [4.69, 9.17) is 0 Å². The van der Waals surface area contributed by atoms with Gasteiger partial charge < -0.3 is 5.32 Å². The number of nitrogens with zero attached hydrogens (tertiary/aromatic N) is 4. The molecule has 0 aliphatic rings. The minimum atomic E-state index is -4.51. The van der Waals surface area contributed by atoms with E-state index in [2.05, 4.69) is 15.4 Å². The van der Waals surface area contributed by atoms with Crippen LogP contribution in [0.2, 0.25) is 0 Å². The number of carbonyl (C=O) groups excluding carboxylic acids is 1. The molecule has 0 atom stereocenters. The fourth-order valence-electron chi connectivity index (χ4n) is 3.60. The maximum atomic E-state index is 13.1. The summed E-state index contributed by atoms with van der Waals surface area (Å²) in [6.07, 6.45) is -1.36. The predicted molar refractivity (Wildman–Crippen MR) is 117 cm³/mol. The highest BCUT2D eigenvalue weighted by atomic mass is 19.4. The summed E-state index contributed by atoms with van der Waals surface area (Å²) in [5, 5.41) is 6.99. The highest BCUT2D eigenvalue weighted by Crippen LogP contribution is 2.30. The summed E-state index contributed by atoms with van der Waals surface area (Å²) in [7, 11) is 0. The van der Waals surface area contributed by atoms with Crippen molar-refractivity contribution in [3.63, 3.8) is 0 Å². The summed E-state index contributed by atoms with van der Waals surface area (Å²) in [6.45, 7) is 3.60. The van der Waals surface area contributed by atoms with Gasteiger partial charge in [-0.15, -0.1) is 0 Å². The van der Waals surface area contributed by atoms with E-state index in [-0.39, 0.29) is 23.3 Å². The fourth-order valence-corrected chi connectivity index (χ4v) is 3.60. The molecule has 0 saturated heterocycles. The molecule has 1 N–H and O–H groups in total. The van der Waals surface area contributed by atoms with Crippen LogP contribution >= 0.6 is 0 Å². The molecular formula is C23H20F3N5O2. The lowest BCUT2D eigenvalue weighted by molar-refractivity contribution is -0.137. The van der Waals surface area contributed by atoms with E-state index in [1.165, 1.54) is 24.7 Å². The topological polar surface area (TPSA) is 81.8 Å². The Kier molecular flexibility index (Phi) is 5.75. The van der Waals surface area contributed by atoms with Gasteiger partial charge in [0.15, 0.2) is 5.65 Å². The maximum Gasteiger partial charge on any atom is 0.416 e. The van der Waals surface area contributed by atoms with Crippen molar-refractivity contribution in [2.45, 2.75) is 33.0 Å². The molecule has 0 fully saturated rings. The van der Waals surface area contributed by atoms with Gasteiger partial charge in [-0.05, 0) is 42.7 Å². The summed E-state index contributed by atoms with van der Waals surface area (Å²) in [4.78, 5) is 29.7. The Balaban J connectivity index is 1.63.